The lowest BCUT2D eigenvalue weighted by atomic mass is 9.35. The Morgan fingerprint density at radius 3 is 2.32 bits per heavy atom. The molecule has 244 valence electrons. The van der Waals surface area contributed by atoms with E-state index in [1.165, 1.54) is 31.8 Å². The molecule has 0 heterocycles. The second-order valence-electron chi connectivity index (χ2n) is 16.6. The highest BCUT2D eigenvalue weighted by Gasteiger charge is 2.69. The number of carbonyl (C=O) groups is 1. The molecule has 5 nitrogen and oxygen atoms in total. The topological polar surface area (TPSA) is 87.0 Å². The third kappa shape index (κ3) is 5.59. The molecule has 9 atom stereocenters. The number of ether oxygens (including phenoxy) is 1. The number of benzene rings is 1. The van der Waals surface area contributed by atoms with Gasteiger partial charge in [-0.3, -0.25) is 0 Å². The van der Waals surface area contributed by atoms with Crippen LogP contribution in [0.3, 0.4) is 0 Å². The van der Waals surface area contributed by atoms with Gasteiger partial charge < -0.3 is 20.1 Å². The predicted molar refractivity (Wildman–Crippen MR) is 177 cm³/mol. The number of aromatic hydroxyl groups is 1. The van der Waals surface area contributed by atoms with Gasteiger partial charge in [0.25, 0.3) is 0 Å². The lowest BCUT2D eigenvalue weighted by molar-refractivity contribution is -0.229. The van der Waals surface area contributed by atoms with Crippen molar-refractivity contribution in [3.8, 4) is 5.75 Å². The molecule has 4 fully saturated rings. The standard InChI is InChI=1S/C39H58O5/c1-26(25-40)9-8-21-39(7,43)30-18-23-37(5)29(30)15-16-32-36(4)22-20-33(35(2,3)31(36)19-24-38(32,37)6)44-34(42)17-12-27-10-13-28(41)14-11-27/h9-14,17,29-33,40-41,43H,8,15-16,18-25H2,1-7H3. The maximum Gasteiger partial charge on any atom is 0.331 e. The van der Waals surface area contributed by atoms with Crippen LogP contribution in [0.4, 0.5) is 0 Å². The Hall–Kier alpha value is -2.11. The van der Waals surface area contributed by atoms with Crippen LogP contribution >= 0.6 is 0 Å². The van der Waals surface area contributed by atoms with Gasteiger partial charge >= 0.3 is 5.97 Å². The summed E-state index contributed by atoms with van der Waals surface area (Å²) in [5.41, 5.74) is 1.66. The lowest BCUT2D eigenvalue weighted by Crippen LogP contribution is -2.64. The summed E-state index contributed by atoms with van der Waals surface area (Å²) in [6, 6.07) is 6.81. The van der Waals surface area contributed by atoms with Gasteiger partial charge in [0.15, 0.2) is 0 Å². The van der Waals surface area contributed by atoms with Gasteiger partial charge in [0.1, 0.15) is 11.9 Å². The Balaban J connectivity index is 1.30. The Bertz CT molecular complexity index is 1260. The number of hydrogen-bond acceptors (Lipinski definition) is 5. The number of esters is 1. The second-order valence-corrected chi connectivity index (χ2v) is 16.6. The van der Waals surface area contributed by atoms with Gasteiger partial charge in [-0.15, -0.1) is 0 Å². The van der Waals surface area contributed by atoms with Crippen LogP contribution < -0.4 is 0 Å². The largest absolute Gasteiger partial charge is 0.508 e. The quantitative estimate of drug-likeness (QED) is 0.157. The van der Waals surface area contributed by atoms with E-state index in [1.54, 1.807) is 30.3 Å². The van der Waals surface area contributed by atoms with E-state index in [2.05, 4.69) is 47.6 Å². The molecule has 5 heteroatoms. The van der Waals surface area contributed by atoms with E-state index in [4.69, 9.17) is 4.74 Å². The van der Waals surface area contributed by atoms with Crippen molar-refractivity contribution in [3.05, 3.63) is 47.6 Å². The van der Waals surface area contributed by atoms with Crippen molar-refractivity contribution < 1.29 is 24.9 Å². The Labute approximate surface area is 266 Å². The predicted octanol–water partition coefficient (Wildman–Crippen LogP) is 8.47. The smallest absolute Gasteiger partial charge is 0.331 e. The number of hydrogen-bond donors (Lipinski definition) is 3. The van der Waals surface area contributed by atoms with Crippen LogP contribution in [-0.2, 0) is 9.53 Å². The fourth-order valence-electron chi connectivity index (χ4n) is 11.5. The van der Waals surface area contributed by atoms with Crippen molar-refractivity contribution in [2.24, 2.45) is 45.3 Å². The maximum absolute atomic E-state index is 13.0. The van der Waals surface area contributed by atoms with Crippen LogP contribution in [0.25, 0.3) is 6.08 Å². The first-order valence-corrected chi connectivity index (χ1v) is 17.2. The van der Waals surface area contributed by atoms with Gasteiger partial charge in [0.2, 0.25) is 0 Å². The molecule has 0 aliphatic heterocycles. The third-order valence-electron chi connectivity index (χ3n) is 14.1. The third-order valence-corrected chi connectivity index (χ3v) is 14.1. The molecule has 44 heavy (non-hydrogen) atoms. The van der Waals surface area contributed by atoms with Crippen LogP contribution in [0.15, 0.2) is 42.0 Å². The van der Waals surface area contributed by atoms with E-state index in [1.807, 2.05) is 6.92 Å². The first kappa shape index (κ1) is 33.3. The molecule has 0 amide bonds. The molecular weight excluding hydrogens is 548 g/mol. The van der Waals surface area contributed by atoms with Crippen molar-refractivity contribution in [2.45, 2.75) is 124 Å². The molecule has 3 N–H and O–H groups in total. The molecule has 4 saturated carbocycles. The number of phenolic OH excluding ortho intramolecular Hbond substituents is 1. The molecule has 4 aliphatic carbocycles. The van der Waals surface area contributed by atoms with Crippen LogP contribution in [0.1, 0.15) is 118 Å². The summed E-state index contributed by atoms with van der Waals surface area (Å²) in [6.07, 6.45) is 15.8. The zero-order chi connectivity index (χ0) is 32.1. The van der Waals surface area contributed by atoms with Crippen molar-refractivity contribution >= 4 is 12.0 Å². The Morgan fingerprint density at radius 1 is 0.955 bits per heavy atom. The minimum atomic E-state index is -0.695. The molecule has 4 aliphatic rings. The van der Waals surface area contributed by atoms with E-state index in [0.29, 0.717) is 23.7 Å². The summed E-state index contributed by atoms with van der Waals surface area (Å²) >= 11 is 0. The SMILES string of the molecule is CC(=CCCC(C)(O)C1CCC2(C)C1CCC1C3(C)CCC(OC(=O)C=Cc4ccc(O)cc4)C(C)(C)C3CCC12C)CO. The van der Waals surface area contributed by atoms with Crippen LogP contribution in [0.5, 0.6) is 5.75 Å². The number of aliphatic hydroxyl groups is 2. The molecule has 5 rings (SSSR count). The number of carbonyl (C=O) groups excluding carboxylic acids is 1. The summed E-state index contributed by atoms with van der Waals surface area (Å²) < 4.78 is 6.18. The van der Waals surface area contributed by atoms with Crippen molar-refractivity contribution in [2.75, 3.05) is 6.61 Å². The van der Waals surface area contributed by atoms with Crippen molar-refractivity contribution in [1.82, 2.24) is 0 Å². The minimum absolute atomic E-state index is 0.0871. The van der Waals surface area contributed by atoms with Crippen molar-refractivity contribution in [1.29, 1.82) is 0 Å². The van der Waals surface area contributed by atoms with Gasteiger partial charge in [0, 0.05) is 11.5 Å². The second kappa shape index (κ2) is 11.9. The van der Waals surface area contributed by atoms with E-state index < -0.39 is 5.60 Å². The summed E-state index contributed by atoms with van der Waals surface area (Å²) in [4.78, 5) is 13.0. The molecule has 0 spiro atoms. The Morgan fingerprint density at radius 2 is 1.64 bits per heavy atom. The summed E-state index contributed by atoms with van der Waals surface area (Å²) in [5.74, 6) is 1.88. The van der Waals surface area contributed by atoms with Gasteiger partial charge in [-0.25, -0.2) is 4.79 Å². The number of allylic oxidation sites excluding steroid dienone is 1. The van der Waals surface area contributed by atoms with Gasteiger partial charge in [-0.1, -0.05) is 58.4 Å². The minimum Gasteiger partial charge on any atom is -0.508 e. The summed E-state index contributed by atoms with van der Waals surface area (Å²) in [7, 11) is 0. The van der Waals surface area contributed by atoms with Crippen LogP contribution in [0, 0.1) is 45.3 Å². The summed E-state index contributed by atoms with van der Waals surface area (Å²) in [5, 5.41) is 30.7. The molecule has 0 radical (unpaired) electrons. The van der Waals surface area contributed by atoms with E-state index >= 15 is 0 Å². The molecule has 0 bridgehead atoms. The van der Waals surface area contributed by atoms with E-state index in [-0.39, 0.29) is 46.1 Å². The van der Waals surface area contributed by atoms with Gasteiger partial charge in [0.05, 0.1) is 12.2 Å². The van der Waals surface area contributed by atoms with Gasteiger partial charge in [-0.2, -0.15) is 0 Å². The number of aliphatic hydroxyl groups excluding tert-OH is 1. The molecule has 0 saturated heterocycles. The molecule has 9 unspecified atom stereocenters. The van der Waals surface area contributed by atoms with Crippen molar-refractivity contribution in [3.63, 3.8) is 0 Å². The van der Waals surface area contributed by atoms with Crippen LogP contribution in [-0.4, -0.2) is 39.6 Å². The molecule has 1 aromatic carbocycles. The van der Waals surface area contributed by atoms with E-state index in [9.17, 15) is 20.1 Å². The Kier molecular flexibility index (Phi) is 9.01. The number of fused-ring (bicyclic) bond motifs is 5. The summed E-state index contributed by atoms with van der Waals surface area (Å²) in [6.45, 7) is 16.5. The average molecular weight is 607 g/mol. The zero-order valence-corrected chi connectivity index (χ0v) is 28.4. The fourth-order valence-corrected chi connectivity index (χ4v) is 11.5. The lowest BCUT2D eigenvalue weighted by Gasteiger charge is -2.70. The molecular formula is C39H58O5. The van der Waals surface area contributed by atoms with Gasteiger partial charge in [-0.05, 0) is 142 Å². The average Bonchev–Trinajstić information content (AvgIpc) is 3.33. The number of rotatable bonds is 8. The first-order chi connectivity index (χ1) is 20.6. The molecule has 1 aromatic rings. The van der Waals surface area contributed by atoms with E-state index in [0.717, 1.165) is 49.7 Å². The maximum atomic E-state index is 13.0. The zero-order valence-electron chi connectivity index (χ0n) is 28.4. The highest BCUT2D eigenvalue weighted by Crippen LogP contribution is 2.76. The first-order valence-electron chi connectivity index (χ1n) is 17.2. The number of phenols is 1. The normalized spacial score (nSPS) is 39.7. The van der Waals surface area contributed by atoms with Crippen LogP contribution in [0.2, 0.25) is 0 Å². The fraction of sp³-hybridized carbons (Fsp3) is 0.718. The highest BCUT2D eigenvalue weighted by atomic mass is 16.5. The monoisotopic (exact) mass is 606 g/mol. The molecule has 0 aromatic heterocycles. The highest BCUT2D eigenvalue weighted by molar-refractivity contribution is 5.87.